The zero-order valence-corrected chi connectivity index (χ0v) is 7.86. The van der Waals surface area contributed by atoms with E-state index in [0.717, 1.165) is 5.56 Å². The second kappa shape index (κ2) is 2.85. The van der Waals surface area contributed by atoms with E-state index in [1.165, 1.54) is 6.26 Å². The third-order valence-corrected chi connectivity index (χ3v) is 2.94. The molecule has 4 nitrogen and oxygen atoms in total. The maximum atomic E-state index is 10.7. The molecule has 2 rings (SSSR count). The van der Waals surface area contributed by atoms with Gasteiger partial charge in [0.15, 0.2) is 6.10 Å². The van der Waals surface area contributed by atoms with E-state index in [0.29, 0.717) is 18.6 Å². The van der Waals surface area contributed by atoms with Crippen LogP contribution in [0.5, 0.6) is 0 Å². The van der Waals surface area contributed by atoms with Gasteiger partial charge in [-0.25, -0.2) is 4.79 Å². The summed E-state index contributed by atoms with van der Waals surface area (Å²) < 4.78 is 5.12. The lowest BCUT2D eigenvalue weighted by Crippen LogP contribution is -2.33. The van der Waals surface area contributed by atoms with Crippen LogP contribution < -0.4 is 0 Å². The first-order valence-corrected chi connectivity index (χ1v) is 4.53. The Morgan fingerprint density at radius 3 is 2.64 bits per heavy atom. The fourth-order valence-corrected chi connectivity index (χ4v) is 1.96. The molecule has 0 radical (unpaired) electrons. The highest BCUT2D eigenvalue weighted by molar-refractivity contribution is 5.75. The van der Waals surface area contributed by atoms with Gasteiger partial charge in [-0.15, -0.1) is 0 Å². The first kappa shape index (κ1) is 9.27. The van der Waals surface area contributed by atoms with Crippen molar-refractivity contribution in [3.63, 3.8) is 0 Å². The number of rotatable bonds is 3. The first-order chi connectivity index (χ1) is 6.58. The van der Waals surface area contributed by atoms with Gasteiger partial charge in [0.1, 0.15) is 5.76 Å². The summed E-state index contributed by atoms with van der Waals surface area (Å²) in [5.41, 5.74) is 0.232. The molecule has 1 aliphatic carbocycles. The highest BCUT2D eigenvalue weighted by Crippen LogP contribution is 2.52. The fraction of sp³-hybridized carbons (Fsp3) is 0.500. The van der Waals surface area contributed by atoms with Gasteiger partial charge in [-0.2, -0.15) is 0 Å². The van der Waals surface area contributed by atoms with Crippen LogP contribution in [0.25, 0.3) is 0 Å². The van der Waals surface area contributed by atoms with Crippen LogP contribution in [0.1, 0.15) is 24.2 Å². The van der Waals surface area contributed by atoms with Crippen LogP contribution in [-0.2, 0) is 10.2 Å². The van der Waals surface area contributed by atoms with Crippen molar-refractivity contribution < 1.29 is 19.4 Å². The van der Waals surface area contributed by atoms with E-state index in [4.69, 9.17) is 9.52 Å². The Bertz CT molecular complexity index is 362. The largest absolute Gasteiger partial charge is 0.479 e. The standard InChI is InChI=1S/C10H12O4/c1-6-7(2-5-14-6)10(3-4-10)8(11)9(12)13/h2,5,8,11H,3-4H2,1H3,(H,12,13). The molecular formula is C10H12O4. The van der Waals surface area contributed by atoms with Gasteiger partial charge in [-0.1, -0.05) is 0 Å². The topological polar surface area (TPSA) is 70.7 Å². The highest BCUT2D eigenvalue weighted by atomic mass is 16.4. The maximum Gasteiger partial charge on any atom is 0.333 e. The van der Waals surface area contributed by atoms with Crippen LogP contribution in [0.15, 0.2) is 16.7 Å². The van der Waals surface area contributed by atoms with Gasteiger partial charge in [0.05, 0.1) is 6.26 Å². The summed E-state index contributed by atoms with van der Waals surface area (Å²) in [5, 5.41) is 18.3. The molecule has 1 aliphatic rings. The molecular weight excluding hydrogens is 184 g/mol. The number of aryl methyl sites for hydroxylation is 1. The molecule has 14 heavy (non-hydrogen) atoms. The monoisotopic (exact) mass is 196 g/mol. The summed E-state index contributed by atoms with van der Waals surface area (Å²) in [6.45, 7) is 1.78. The molecule has 0 aromatic carbocycles. The second-order valence-corrected chi connectivity index (χ2v) is 3.79. The van der Waals surface area contributed by atoms with Crippen molar-refractivity contribution in [2.24, 2.45) is 0 Å². The average Bonchev–Trinajstić information content (AvgIpc) is 2.83. The first-order valence-electron chi connectivity index (χ1n) is 4.53. The highest BCUT2D eigenvalue weighted by Gasteiger charge is 2.54. The van der Waals surface area contributed by atoms with Crippen LogP contribution >= 0.6 is 0 Å². The fourth-order valence-electron chi connectivity index (χ4n) is 1.96. The van der Waals surface area contributed by atoms with Gasteiger partial charge >= 0.3 is 5.97 Å². The summed E-state index contributed by atoms with van der Waals surface area (Å²) >= 11 is 0. The average molecular weight is 196 g/mol. The number of aliphatic carboxylic acids is 1. The van der Waals surface area contributed by atoms with Crippen molar-refractivity contribution in [2.45, 2.75) is 31.3 Å². The number of aliphatic hydroxyl groups is 1. The molecule has 2 N–H and O–H groups in total. The Morgan fingerprint density at radius 1 is 1.64 bits per heavy atom. The third kappa shape index (κ3) is 1.14. The lowest BCUT2D eigenvalue weighted by atomic mass is 9.90. The van der Waals surface area contributed by atoms with Crippen LogP contribution in [0.3, 0.4) is 0 Å². The van der Waals surface area contributed by atoms with E-state index in [-0.39, 0.29) is 0 Å². The Hall–Kier alpha value is -1.29. The van der Waals surface area contributed by atoms with Gasteiger partial charge in [0, 0.05) is 11.0 Å². The molecule has 1 aromatic rings. The number of carboxylic acids is 1. The lowest BCUT2D eigenvalue weighted by molar-refractivity contribution is -0.148. The Balaban J connectivity index is 2.34. The molecule has 76 valence electrons. The smallest absolute Gasteiger partial charge is 0.333 e. The van der Waals surface area contributed by atoms with Gasteiger partial charge in [0.25, 0.3) is 0 Å². The van der Waals surface area contributed by atoms with Crippen molar-refractivity contribution in [2.75, 3.05) is 0 Å². The Morgan fingerprint density at radius 2 is 2.29 bits per heavy atom. The SMILES string of the molecule is Cc1occc1C1(C(O)C(=O)O)CC1. The van der Waals surface area contributed by atoms with Crippen molar-refractivity contribution >= 4 is 5.97 Å². The van der Waals surface area contributed by atoms with Crippen LogP contribution in [0.2, 0.25) is 0 Å². The quantitative estimate of drug-likeness (QED) is 0.758. The summed E-state index contributed by atoms with van der Waals surface area (Å²) in [4.78, 5) is 10.7. The van der Waals surface area contributed by atoms with E-state index in [1.807, 2.05) is 0 Å². The van der Waals surface area contributed by atoms with Gasteiger partial charge in [0.2, 0.25) is 0 Å². The van der Waals surface area contributed by atoms with Crippen LogP contribution in [-0.4, -0.2) is 22.3 Å². The summed E-state index contributed by atoms with van der Waals surface area (Å²) in [5.74, 6) is -0.467. The lowest BCUT2D eigenvalue weighted by Gasteiger charge is -2.17. The third-order valence-electron chi connectivity index (χ3n) is 2.94. The molecule has 0 amide bonds. The summed E-state index contributed by atoms with van der Waals surface area (Å²) in [6.07, 6.45) is 1.62. The molecule has 0 bridgehead atoms. The number of carbonyl (C=O) groups is 1. The van der Waals surface area contributed by atoms with E-state index in [1.54, 1.807) is 13.0 Å². The maximum absolute atomic E-state index is 10.7. The zero-order chi connectivity index (χ0) is 10.3. The minimum Gasteiger partial charge on any atom is -0.479 e. The Kier molecular flexibility index (Phi) is 1.89. The molecule has 1 unspecified atom stereocenters. The molecule has 1 saturated carbocycles. The number of carboxylic acid groups (broad SMARTS) is 1. The molecule has 1 fully saturated rings. The molecule has 1 aromatic heterocycles. The Labute approximate surface area is 81.2 Å². The predicted octanol–water partition coefficient (Wildman–Crippen LogP) is 1.07. The van der Waals surface area contributed by atoms with Gasteiger partial charge < -0.3 is 14.6 Å². The molecule has 0 saturated heterocycles. The number of hydrogen-bond donors (Lipinski definition) is 2. The van der Waals surface area contributed by atoms with E-state index in [9.17, 15) is 9.90 Å². The van der Waals surface area contributed by atoms with Crippen molar-refractivity contribution in [3.8, 4) is 0 Å². The molecule has 1 atom stereocenters. The number of aliphatic hydroxyl groups excluding tert-OH is 1. The number of furan rings is 1. The summed E-state index contributed by atoms with van der Waals surface area (Å²) in [7, 11) is 0. The molecule has 4 heteroatoms. The predicted molar refractivity (Wildman–Crippen MR) is 48.0 cm³/mol. The minimum absolute atomic E-state index is 0.594. The van der Waals surface area contributed by atoms with Crippen LogP contribution in [0.4, 0.5) is 0 Å². The molecule has 1 heterocycles. The zero-order valence-electron chi connectivity index (χ0n) is 7.86. The molecule has 0 aliphatic heterocycles. The second-order valence-electron chi connectivity index (χ2n) is 3.79. The van der Waals surface area contributed by atoms with Gasteiger partial charge in [-0.3, -0.25) is 0 Å². The van der Waals surface area contributed by atoms with E-state index >= 15 is 0 Å². The van der Waals surface area contributed by atoms with Crippen molar-refractivity contribution in [1.82, 2.24) is 0 Å². The van der Waals surface area contributed by atoms with Crippen molar-refractivity contribution in [3.05, 3.63) is 23.7 Å². The normalized spacial score (nSPS) is 20.4. The summed E-state index contributed by atoms with van der Waals surface area (Å²) in [6, 6.07) is 1.74. The number of hydrogen-bond acceptors (Lipinski definition) is 3. The van der Waals surface area contributed by atoms with Crippen molar-refractivity contribution in [1.29, 1.82) is 0 Å². The molecule has 0 spiro atoms. The van der Waals surface area contributed by atoms with E-state index in [2.05, 4.69) is 0 Å². The van der Waals surface area contributed by atoms with Gasteiger partial charge in [-0.05, 0) is 25.8 Å². The van der Waals surface area contributed by atoms with E-state index < -0.39 is 17.5 Å². The van der Waals surface area contributed by atoms with Crippen LogP contribution in [0, 0.1) is 6.92 Å². The minimum atomic E-state index is -1.32.